The minimum Gasteiger partial charge on any atom is -0.465 e. The molecule has 2 aliphatic rings. The highest BCUT2D eigenvalue weighted by molar-refractivity contribution is 5.76. The van der Waals surface area contributed by atoms with E-state index >= 15 is 0 Å². The highest BCUT2D eigenvalue weighted by atomic mass is 19.1. The number of esters is 1. The molecule has 1 fully saturated rings. The van der Waals surface area contributed by atoms with Crippen LogP contribution in [0.1, 0.15) is 22.7 Å². The SMILES string of the molecule is O=C1OC[C@H]2[C@@H]1Cc1cccc(F)c1[C@@H]2/C=C/c1ccc(-c2cccc(F)c2)cn1. The summed E-state index contributed by atoms with van der Waals surface area (Å²) in [6.45, 7) is 0.304. The van der Waals surface area contributed by atoms with Crippen molar-refractivity contribution in [1.29, 1.82) is 0 Å². The number of hydrogen-bond acceptors (Lipinski definition) is 3. The lowest BCUT2D eigenvalue weighted by atomic mass is 9.70. The number of cyclic esters (lactones) is 1. The van der Waals surface area contributed by atoms with Gasteiger partial charge in [0.05, 0.1) is 18.2 Å². The lowest BCUT2D eigenvalue weighted by Gasteiger charge is -2.31. The molecule has 1 aliphatic carbocycles. The van der Waals surface area contributed by atoms with Gasteiger partial charge in [-0.1, -0.05) is 36.4 Å². The maximum atomic E-state index is 14.7. The number of halogens is 2. The van der Waals surface area contributed by atoms with Gasteiger partial charge in [-0.2, -0.15) is 0 Å². The predicted octanol–water partition coefficient (Wildman–Crippen LogP) is 5.17. The van der Waals surface area contributed by atoms with E-state index in [0.29, 0.717) is 24.3 Å². The third kappa shape index (κ3) is 3.30. The molecule has 0 unspecified atom stereocenters. The van der Waals surface area contributed by atoms with Crippen LogP contribution < -0.4 is 0 Å². The summed E-state index contributed by atoms with van der Waals surface area (Å²) >= 11 is 0. The first kappa shape index (κ1) is 18.7. The number of benzene rings is 2. The molecule has 0 radical (unpaired) electrons. The normalized spacial score (nSPS) is 22.6. The van der Waals surface area contributed by atoms with Crippen molar-refractivity contribution in [2.24, 2.45) is 11.8 Å². The zero-order valence-corrected chi connectivity index (χ0v) is 16.1. The number of carbonyl (C=O) groups excluding carboxylic acids is 1. The van der Waals surface area contributed by atoms with E-state index in [4.69, 9.17) is 4.74 Å². The van der Waals surface area contributed by atoms with E-state index < -0.39 is 0 Å². The molecule has 1 aromatic heterocycles. The summed E-state index contributed by atoms with van der Waals surface area (Å²) in [5.41, 5.74) is 3.78. The van der Waals surface area contributed by atoms with E-state index in [1.165, 1.54) is 18.2 Å². The summed E-state index contributed by atoms with van der Waals surface area (Å²) < 4.78 is 33.4. The second-order valence-corrected chi connectivity index (χ2v) is 7.78. The van der Waals surface area contributed by atoms with E-state index in [1.807, 2.05) is 36.4 Å². The number of nitrogens with zero attached hydrogens (tertiary/aromatic N) is 1. The highest BCUT2D eigenvalue weighted by Crippen LogP contribution is 2.45. The highest BCUT2D eigenvalue weighted by Gasteiger charge is 2.46. The first-order valence-corrected chi connectivity index (χ1v) is 9.94. The number of hydrogen-bond donors (Lipinski definition) is 0. The minimum absolute atomic E-state index is 0.0790. The van der Waals surface area contributed by atoms with Gasteiger partial charge in [0, 0.05) is 23.6 Å². The molecule has 3 atom stereocenters. The van der Waals surface area contributed by atoms with Gasteiger partial charge in [0.25, 0.3) is 0 Å². The van der Waals surface area contributed by atoms with Crippen molar-refractivity contribution in [2.45, 2.75) is 12.3 Å². The van der Waals surface area contributed by atoms with Gasteiger partial charge < -0.3 is 4.74 Å². The van der Waals surface area contributed by atoms with Gasteiger partial charge in [-0.3, -0.25) is 9.78 Å². The number of carbonyl (C=O) groups is 1. The van der Waals surface area contributed by atoms with Crippen LogP contribution in [-0.4, -0.2) is 17.6 Å². The van der Waals surface area contributed by atoms with E-state index in [9.17, 15) is 13.6 Å². The van der Waals surface area contributed by atoms with Gasteiger partial charge in [-0.05, 0) is 53.5 Å². The zero-order chi connectivity index (χ0) is 20.7. The molecule has 0 bridgehead atoms. The van der Waals surface area contributed by atoms with Gasteiger partial charge in [-0.25, -0.2) is 8.78 Å². The Morgan fingerprint density at radius 3 is 2.70 bits per heavy atom. The van der Waals surface area contributed by atoms with E-state index in [1.54, 1.807) is 18.3 Å². The smallest absolute Gasteiger partial charge is 0.309 e. The van der Waals surface area contributed by atoms with Crippen LogP contribution in [0.2, 0.25) is 0 Å². The second kappa shape index (κ2) is 7.48. The Hall–Kier alpha value is -3.34. The molecule has 0 saturated carbocycles. The van der Waals surface area contributed by atoms with Crippen molar-refractivity contribution in [1.82, 2.24) is 4.98 Å². The fourth-order valence-corrected chi connectivity index (χ4v) is 4.53. The van der Waals surface area contributed by atoms with Crippen molar-refractivity contribution in [2.75, 3.05) is 6.61 Å². The molecular weight excluding hydrogens is 384 g/mol. The van der Waals surface area contributed by atoms with Crippen molar-refractivity contribution in [3.63, 3.8) is 0 Å². The number of allylic oxidation sites excluding steroid dienone is 1. The first-order chi connectivity index (χ1) is 14.6. The summed E-state index contributed by atoms with van der Waals surface area (Å²) in [6, 6.07) is 15.1. The molecule has 1 aliphatic heterocycles. The maximum Gasteiger partial charge on any atom is 0.309 e. The predicted molar refractivity (Wildman–Crippen MR) is 109 cm³/mol. The van der Waals surface area contributed by atoms with Gasteiger partial charge >= 0.3 is 5.97 Å². The molecule has 0 N–H and O–H groups in total. The largest absolute Gasteiger partial charge is 0.465 e. The van der Waals surface area contributed by atoms with Crippen LogP contribution in [-0.2, 0) is 16.0 Å². The summed E-state index contributed by atoms with van der Waals surface area (Å²) in [5, 5.41) is 0. The number of fused-ring (bicyclic) bond motifs is 2. The number of pyridine rings is 1. The zero-order valence-electron chi connectivity index (χ0n) is 16.1. The molecule has 0 spiro atoms. The van der Waals surface area contributed by atoms with Gasteiger partial charge in [0.2, 0.25) is 0 Å². The maximum absolute atomic E-state index is 14.7. The number of ether oxygens (including phenoxy) is 1. The van der Waals surface area contributed by atoms with E-state index in [2.05, 4.69) is 4.98 Å². The van der Waals surface area contributed by atoms with Crippen LogP contribution in [0.5, 0.6) is 0 Å². The summed E-state index contributed by atoms with van der Waals surface area (Å²) in [6.07, 6.45) is 5.97. The Morgan fingerprint density at radius 1 is 1.03 bits per heavy atom. The summed E-state index contributed by atoms with van der Waals surface area (Å²) in [4.78, 5) is 16.6. The van der Waals surface area contributed by atoms with Gasteiger partial charge in [0.15, 0.2) is 0 Å². The average molecular weight is 403 g/mol. The lowest BCUT2D eigenvalue weighted by Crippen LogP contribution is -2.30. The molecule has 3 nitrogen and oxygen atoms in total. The summed E-state index contributed by atoms with van der Waals surface area (Å²) in [5.74, 6) is -1.32. The quantitative estimate of drug-likeness (QED) is 0.567. The Bertz CT molecular complexity index is 1140. The minimum atomic E-state index is -0.294. The van der Waals surface area contributed by atoms with Crippen LogP contribution >= 0.6 is 0 Å². The molecule has 1 saturated heterocycles. The second-order valence-electron chi connectivity index (χ2n) is 7.78. The van der Waals surface area contributed by atoms with Gasteiger partial charge in [0.1, 0.15) is 11.6 Å². The standard InChI is InChI=1S/C25H19F2NO2/c26-18-5-1-3-15(11-18)17-7-8-19(28-13-17)9-10-20-22-14-30-25(29)21(22)12-16-4-2-6-23(27)24(16)20/h1-11,13,20-22H,12,14H2/b10-9+/t20-,21+,22-/m1/s1. The van der Waals surface area contributed by atoms with Crippen molar-refractivity contribution < 1.29 is 18.3 Å². The first-order valence-electron chi connectivity index (χ1n) is 9.94. The Morgan fingerprint density at radius 2 is 1.90 bits per heavy atom. The molecule has 2 heterocycles. The molecule has 30 heavy (non-hydrogen) atoms. The topological polar surface area (TPSA) is 39.2 Å². The third-order valence-electron chi connectivity index (χ3n) is 6.03. The van der Waals surface area contributed by atoms with Crippen LogP contribution in [0.3, 0.4) is 0 Å². The van der Waals surface area contributed by atoms with Crippen molar-refractivity contribution >= 4 is 12.0 Å². The van der Waals surface area contributed by atoms with Crippen LogP contribution in [0.25, 0.3) is 17.2 Å². The Kier molecular flexibility index (Phi) is 4.66. The van der Waals surface area contributed by atoms with Crippen LogP contribution in [0, 0.1) is 23.5 Å². The average Bonchev–Trinajstić information content (AvgIpc) is 3.12. The molecule has 2 aromatic carbocycles. The van der Waals surface area contributed by atoms with Crippen molar-refractivity contribution in [3.8, 4) is 11.1 Å². The van der Waals surface area contributed by atoms with E-state index in [-0.39, 0.29) is 35.4 Å². The van der Waals surface area contributed by atoms with Crippen molar-refractivity contribution in [3.05, 3.63) is 95.3 Å². The van der Waals surface area contributed by atoms with Gasteiger partial charge in [-0.15, -0.1) is 0 Å². The molecular formula is C25H19F2NO2. The third-order valence-corrected chi connectivity index (χ3v) is 6.03. The molecule has 0 amide bonds. The number of aromatic nitrogens is 1. The molecule has 3 aromatic rings. The fourth-order valence-electron chi connectivity index (χ4n) is 4.53. The summed E-state index contributed by atoms with van der Waals surface area (Å²) in [7, 11) is 0. The monoisotopic (exact) mass is 403 g/mol. The van der Waals surface area contributed by atoms with E-state index in [0.717, 1.165) is 16.7 Å². The Labute approximate surface area is 173 Å². The Balaban J connectivity index is 1.45. The van der Waals surface area contributed by atoms with Crippen LogP contribution in [0.15, 0.2) is 66.9 Å². The lowest BCUT2D eigenvalue weighted by molar-refractivity contribution is -0.141. The van der Waals surface area contributed by atoms with Crippen LogP contribution in [0.4, 0.5) is 8.78 Å². The fraction of sp³-hybridized carbons (Fsp3) is 0.200. The molecule has 150 valence electrons. The number of rotatable bonds is 3. The molecule has 5 heteroatoms. The molecule has 5 rings (SSSR count).